The van der Waals surface area contributed by atoms with E-state index >= 15 is 0 Å². The molecule has 33 heavy (non-hydrogen) atoms. The second-order valence-corrected chi connectivity index (χ2v) is 7.76. The van der Waals surface area contributed by atoms with Crippen LogP contribution >= 0.6 is 0 Å². The molecular weight excluding hydrogens is 426 g/mol. The van der Waals surface area contributed by atoms with Crippen molar-refractivity contribution < 1.29 is 23.0 Å². The van der Waals surface area contributed by atoms with Crippen molar-refractivity contribution in [1.29, 1.82) is 0 Å². The second-order valence-electron chi connectivity index (χ2n) is 7.76. The van der Waals surface area contributed by atoms with Crippen LogP contribution in [-0.2, 0) is 6.42 Å². The van der Waals surface area contributed by atoms with Gasteiger partial charge in [0.1, 0.15) is 34.5 Å². The molecule has 0 radical (unpaired) electrons. The largest absolute Gasteiger partial charge is 0.508 e. The smallest absolute Gasteiger partial charge is 0.196 e. The summed E-state index contributed by atoms with van der Waals surface area (Å²) in [7, 11) is 1.59. The topological polar surface area (TPSA) is 59.7 Å². The van der Waals surface area contributed by atoms with Crippen LogP contribution in [0, 0.1) is 11.6 Å². The average Bonchev–Trinajstić information content (AvgIpc) is 2.82. The number of hydrogen-bond donors (Lipinski definition) is 1. The Balaban J connectivity index is 1.76. The van der Waals surface area contributed by atoms with Crippen LogP contribution in [0.4, 0.5) is 8.78 Å². The van der Waals surface area contributed by atoms with E-state index in [4.69, 9.17) is 9.15 Å². The first kappa shape index (κ1) is 20.7. The Morgan fingerprint density at radius 3 is 2.42 bits per heavy atom. The van der Waals surface area contributed by atoms with Crippen molar-refractivity contribution in [1.82, 2.24) is 0 Å². The van der Waals surface area contributed by atoms with Crippen molar-refractivity contribution in [2.75, 3.05) is 7.11 Å². The third kappa shape index (κ3) is 3.80. The summed E-state index contributed by atoms with van der Waals surface area (Å²) in [6.45, 7) is 0. The zero-order chi connectivity index (χ0) is 23.1. The van der Waals surface area contributed by atoms with Crippen LogP contribution in [0.5, 0.6) is 11.5 Å². The number of methoxy groups -OCH3 is 1. The van der Waals surface area contributed by atoms with Crippen LogP contribution in [0.3, 0.4) is 0 Å². The van der Waals surface area contributed by atoms with E-state index in [-0.39, 0.29) is 40.0 Å². The van der Waals surface area contributed by atoms with Gasteiger partial charge < -0.3 is 14.3 Å². The third-order valence-corrected chi connectivity index (χ3v) is 5.66. The summed E-state index contributed by atoms with van der Waals surface area (Å²) in [5.74, 6) is -0.258. The Kier molecular flexibility index (Phi) is 5.05. The number of ether oxygens (including phenoxy) is 1. The SMILES string of the molecule is COc1ccc2cc(-c3oc4ccc(F)cc4c(=O)c3Cc3cc(F)ccc3O)ccc2c1. The van der Waals surface area contributed by atoms with E-state index < -0.39 is 17.1 Å². The molecule has 1 heterocycles. The number of phenolic OH excluding ortho intramolecular Hbond substituents is 1. The van der Waals surface area contributed by atoms with E-state index in [9.17, 15) is 18.7 Å². The predicted octanol–water partition coefficient (Wildman–Crippen LogP) is 6.20. The zero-order valence-electron chi connectivity index (χ0n) is 17.6. The summed E-state index contributed by atoms with van der Waals surface area (Å²) < 4.78 is 39.1. The predicted molar refractivity (Wildman–Crippen MR) is 123 cm³/mol. The van der Waals surface area contributed by atoms with Gasteiger partial charge in [0.05, 0.1) is 12.5 Å². The first-order valence-electron chi connectivity index (χ1n) is 10.2. The van der Waals surface area contributed by atoms with Gasteiger partial charge in [-0.25, -0.2) is 8.78 Å². The van der Waals surface area contributed by atoms with E-state index in [0.717, 1.165) is 28.7 Å². The van der Waals surface area contributed by atoms with Gasteiger partial charge in [0.2, 0.25) is 0 Å². The van der Waals surface area contributed by atoms with Crippen LogP contribution < -0.4 is 10.2 Å². The molecule has 0 saturated carbocycles. The third-order valence-electron chi connectivity index (χ3n) is 5.66. The molecule has 0 saturated heterocycles. The molecule has 4 aromatic carbocycles. The fourth-order valence-electron chi connectivity index (χ4n) is 3.98. The van der Waals surface area contributed by atoms with Crippen LogP contribution in [0.2, 0.25) is 0 Å². The maximum absolute atomic E-state index is 13.9. The fraction of sp³-hybridized carbons (Fsp3) is 0.0741. The Morgan fingerprint density at radius 2 is 1.61 bits per heavy atom. The molecule has 6 heteroatoms. The molecule has 1 N–H and O–H groups in total. The maximum atomic E-state index is 13.9. The highest BCUT2D eigenvalue weighted by Gasteiger charge is 2.19. The Morgan fingerprint density at radius 1 is 0.879 bits per heavy atom. The highest BCUT2D eigenvalue weighted by molar-refractivity contribution is 5.89. The highest BCUT2D eigenvalue weighted by Crippen LogP contribution is 2.32. The molecule has 0 bridgehead atoms. The molecule has 0 atom stereocenters. The monoisotopic (exact) mass is 444 g/mol. The number of fused-ring (bicyclic) bond motifs is 2. The number of aromatic hydroxyl groups is 1. The summed E-state index contributed by atoms with van der Waals surface area (Å²) in [6.07, 6.45) is -0.0889. The van der Waals surface area contributed by atoms with Crippen molar-refractivity contribution in [2.24, 2.45) is 0 Å². The minimum Gasteiger partial charge on any atom is -0.508 e. The molecule has 164 valence electrons. The highest BCUT2D eigenvalue weighted by atomic mass is 19.1. The molecule has 5 rings (SSSR count). The molecule has 0 aliphatic heterocycles. The first-order valence-corrected chi connectivity index (χ1v) is 10.2. The minimum absolute atomic E-state index is 0.0789. The molecule has 4 nitrogen and oxygen atoms in total. The minimum atomic E-state index is -0.568. The van der Waals surface area contributed by atoms with Gasteiger partial charge in [-0.15, -0.1) is 0 Å². The zero-order valence-corrected chi connectivity index (χ0v) is 17.6. The summed E-state index contributed by atoms with van der Waals surface area (Å²) >= 11 is 0. The van der Waals surface area contributed by atoms with Gasteiger partial charge >= 0.3 is 0 Å². The standard InChI is InChI=1S/C27H18F2O4/c1-32-21-7-4-15-10-17(3-2-16(15)12-21)27-23(13-18-11-19(28)5-8-24(18)30)26(31)22-14-20(29)6-9-25(22)33-27/h2-12,14,30H,13H2,1H3. The van der Waals surface area contributed by atoms with Crippen molar-refractivity contribution in [3.8, 4) is 22.8 Å². The summed E-state index contributed by atoms with van der Waals surface area (Å²) in [5.41, 5.74) is 0.844. The molecule has 0 aliphatic rings. The van der Waals surface area contributed by atoms with Crippen LogP contribution in [0.1, 0.15) is 11.1 Å². The van der Waals surface area contributed by atoms with E-state index in [0.29, 0.717) is 5.56 Å². The van der Waals surface area contributed by atoms with Crippen LogP contribution in [-0.4, -0.2) is 12.2 Å². The molecule has 0 spiro atoms. The van der Waals surface area contributed by atoms with Crippen molar-refractivity contribution in [2.45, 2.75) is 6.42 Å². The molecule has 0 unspecified atom stereocenters. The van der Waals surface area contributed by atoms with E-state index in [1.807, 2.05) is 36.4 Å². The van der Waals surface area contributed by atoms with Crippen molar-refractivity contribution in [3.05, 3.63) is 106 Å². The van der Waals surface area contributed by atoms with Gasteiger partial charge in [0.25, 0.3) is 0 Å². The lowest BCUT2D eigenvalue weighted by atomic mass is 9.96. The van der Waals surface area contributed by atoms with E-state index in [2.05, 4.69) is 0 Å². The van der Waals surface area contributed by atoms with Gasteiger partial charge in [0.15, 0.2) is 5.43 Å². The second kappa shape index (κ2) is 8.06. The summed E-state index contributed by atoms with van der Waals surface area (Å²) in [6, 6.07) is 18.5. The quantitative estimate of drug-likeness (QED) is 0.359. The molecule has 0 amide bonds. The normalized spacial score (nSPS) is 11.2. The maximum Gasteiger partial charge on any atom is 0.196 e. The molecule has 0 fully saturated rings. The fourth-order valence-corrected chi connectivity index (χ4v) is 3.98. The van der Waals surface area contributed by atoms with Crippen molar-refractivity contribution >= 4 is 21.7 Å². The Labute approximate surface area is 187 Å². The van der Waals surface area contributed by atoms with Gasteiger partial charge in [0, 0.05) is 23.1 Å². The average molecular weight is 444 g/mol. The lowest BCUT2D eigenvalue weighted by Gasteiger charge is -2.12. The first-order chi connectivity index (χ1) is 15.9. The van der Waals surface area contributed by atoms with Gasteiger partial charge in [-0.2, -0.15) is 0 Å². The summed E-state index contributed by atoms with van der Waals surface area (Å²) in [4.78, 5) is 13.4. The van der Waals surface area contributed by atoms with Crippen LogP contribution in [0.15, 0.2) is 82.0 Å². The van der Waals surface area contributed by atoms with Gasteiger partial charge in [-0.05, 0) is 65.4 Å². The van der Waals surface area contributed by atoms with Crippen LogP contribution in [0.25, 0.3) is 33.1 Å². The molecule has 0 aliphatic carbocycles. The molecule has 1 aromatic heterocycles. The number of halogens is 2. The number of rotatable bonds is 4. The van der Waals surface area contributed by atoms with E-state index in [1.54, 1.807) is 7.11 Å². The van der Waals surface area contributed by atoms with Gasteiger partial charge in [-0.1, -0.05) is 18.2 Å². The van der Waals surface area contributed by atoms with Crippen molar-refractivity contribution in [3.63, 3.8) is 0 Å². The van der Waals surface area contributed by atoms with E-state index in [1.165, 1.54) is 24.3 Å². The lowest BCUT2D eigenvalue weighted by Crippen LogP contribution is -2.12. The molecule has 5 aromatic rings. The number of hydrogen-bond acceptors (Lipinski definition) is 4. The number of benzene rings is 4. The molecular formula is C27H18F2O4. The Bertz CT molecular complexity index is 1590. The Hall–Kier alpha value is -4.19. The lowest BCUT2D eigenvalue weighted by molar-refractivity contribution is 0.415. The van der Waals surface area contributed by atoms with Gasteiger partial charge in [-0.3, -0.25) is 4.79 Å². The number of phenols is 1. The summed E-state index contributed by atoms with van der Waals surface area (Å²) in [5, 5.41) is 12.1.